The molecular formula is C8H16NO6P. The zero-order valence-corrected chi connectivity index (χ0v) is 10.4. The van der Waals surface area contributed by atoms with Crippen LogP contribution in [-0.2, 0) is 23.1 Å². The number of carbonyl (C=O) groups is 1. The van der Waals surface area contributed by atoms with E-state index in [0.717, 1.165) is 6.08 Å². The average molecular weight is 253 g/mol. The first-order valence-electron chi connectivity index (χ1n) is 4.36. The second kappa shape index (κ2) is 6.12. The number of ether oxygens (including phenoxy) is 1. The summed E-state index contributed by atoms with van der Waals surface area (Å²) in [5, 5.41) is 0. The fraction of sp³-hybridized carbons (Fsp3) is 0.625. The van der Waals surface area contributed by atoms with E-state index in [0.29, 0.717) is 4.48 Å². The van der Waals surface area contributed by atoms with Gasteiger partial charge >= 0.3 is 5.97 Å². The summed E-state index contributed by atoms with van der Waals surface area (Å²) in [4.78, 5) is 21.7. The summed E-state index contributed by atoms with van der Waals surface area (Å²) in [5.74, 6) is -0.772. The van der Waals surface area contributed by atoms with Gasteiger partial charge in [-0.2, -0.15) is 0 Å². The maximum absolute atomic E-state index is 11.1. The highest BCUT2D eigenvalue weighted by Gasteiger charge is 2.15. The second-order valence-corrected chi connectivity index (χ2v) is 5.32. The third-order valence-electron chi connectivity index (χ3n) is 1.18. The number of nitrogens with zero attached hydrogens (tertiary/aromatic N) is 1. The molecule has 0 bridgehead atoms. The van der Waals surface area contributed by atoms with Crippen molar-refractivity contribution in [1.82, 2.24) is 0 Å². The molecule has 0 rings (SSSR count). The first-order chi connectivity index (χ1) is 7.16. The van der Waals surface area contributed by atoms with E-state index < -0.39 is 20.6 Å². The van der Waals surface area contributed by atoms with E-state index in [1.54, 1.807) is 21.1 Å². The van der Waals surface area contributed by atoms with Crippen molar-refractivity contribution < 1.29 is 32.5 Å². The van der Waals surface area contributed by atoms with Crippen molar-refractivity contribution in [3.8, 4) is 0 Å². The molecule has 0 aromatic heterocycles. The van der Waals surface area contributed by atoms with Gasteiger partial charge in [0.2, 0.25) is 0 Å². The lowest BCUT2D eigenvalue weighted by atomic mass is 10.7. The molecule has 0 saturated carbocycles. The predicted molar refractivity (Wildman–Crippen MR) is 53.8 cm³/mol. The van der Waals surface area contributed by atoms with Crippen LogP contribution in [0.15, 0.2) is 12.7 Å². The summed E-state index contributed by atoms with van der Waals surface area (Å²) in [6.07, 6.45) is 0.895. The number of hydrogen-bond acceptors (Lipinski definition) is 6. The predicted octanol–water partition coefficient (Wildman–Crippen LogP) is -0.162. The van der Waals surface area contributed by atoms with Crippen molar-refractivity contribution >= 4 is 13.8 Å². The lowest BCUT2D eigenvalue weighted by molar-refractivity contribution is -0.887. The van der Waals surface area contributed by atoms with Crippen LogP contribution >= 0.6 is 7.82 Å². The van der Waals surface area contributed by atoms with Gasteiger partial charge in [-0.25, -0.2) is 4.79 Å². The van der Waals surface area contributed by atoms with E-state index >= 15 is 0 Å². The first-order valence-corrected chi connectivity index (χ1v) is 5.82. The zero-order chi connectivity index (χ0) is 12.8. The van der Waals surface area contributed by atoms with Crippen molar-refractivity contribution in [1.29, 1.82) is 0 Å². The van der Waals surface area contributed by atoms with Gasteiger partial charge in [0.15, 0.2) is 13.5 Å². The van der Waals surface area contributed by atoms with Crippen molar-refractivity contribution in [2.24, 2.45) is 0 Å². The van der Waals surface area contributed by atoms with Gasteiger partial charge in [0.1, 0.15) is 0 Å². The molecule has 0 aromatic rings. The molecule has 0 aliphatic heterocycles. The maximum Gasteiger partial charge on any atom is 0.332 e. The number of phosphoric acid groups is 1. The first kappa shape index (κ1) is 15.3. The molecule has 94 valence electrons. The molecule has 0 spiro atoms. The fourth-order valence-electron chi connectivity index (χ4n) is 0.489. The maximum atomic E-state index is 11.1. The van der Waals surface area contributed by atoms with Crippen molar-refractivity contribution in [3.05, 3.63) is 12.7 Å². The lowest BCUT2D eigenvalue weighted by Crippen LogP contribution is -2.37. The van der Waals surface area contributed by atoms with Gasteiger partial charge in [0, 0.05) is 6.08 Å². The molecule has 0 aliphatic carbocycles. The van der Waals surface area contributed by atoms with E-state index in [2.05, 4.69) is 20.4 Å². The Labute approximate surface area is 94.4 Å². The average Bonchev–Trinajstić information content (AvgIpc) is 2.13. The smallest absolute Gasteiger partial charge is 0.332 e. The van der Waals surface area contributed by atoms with Gasteiger partial charge in [0.25, 0.3) is 7.82 Å². The van der Waals surface area contributed by atoms with E-state index in [9.17, 15) is 14.3 Å². The van der Waals surface area contributed by atoms with Crippen LogP contribution in [0.1, 0.15) is 0 Å². The molecule has 0 saturated heterocycles. The fourth-order valence-corrected chi connectivity index (χ4v) is 1.23. The van der Waals surface area contributed by atoms with E-state index in [-0.39, 0.29) is 6.73 Å². The molecule has 0 fully saturated rings. The van der Waals surface area contributed by atoms with Crippen LogP contribution in [0.4, 0.5) is 0 Å². The van der Waals surface area contributed by atoms with Gasteiger partial charge < -0.3 is 14.1 Å². The number of phosphoric ester groups is 1. The Bertz CT molecular complexity index is 297. The number of hydrogen-bond donors (Lipinski definition) is 0. The topological polar surface area (TPSA) is 84.9 Å². The largest absolute Gasteiger partial charge is 0.756 e. The normalized spacial score (nSPS) is 15.2. The summed E-state index contributed by atoms with van der Waals surface area (Å²) >= 11 is 0. The van der Waals surface area contributed by atoms with Gasteiger partial charge in [-0.3, -0.25) is 13.6 Å². The Kier molecular flexibility index (Phi) is 5.85. The Morgan fingerprint density at radius 3 is 2.44 bits per heavy atom. The van der Waals surface area contributed by atoms with Gasteiger partial charge in [-0.15, -0.1) is 0 Å². The molecule has 0 radical (unpaired) electrons. The Morgan fingerprint density at radius 1 is 1.44 bits per heavy atom. The molecule has 1 atom stereocenters. The summed E-state index contributed by atoms with van der Waals surface area (Å²) in [7, 11) is 0.810. The number of rotatable bonds is 7. The Morgan fingerprint density at radius 2 is 2.00 bits per heavy atom. The third-order valence-corrected chi connectivity index (χ3v) is 2.04. The molecule has 0 amide bonds. The standard InChI is InChI=1S/C8H16NO6P/c1-5-8(10)13-7-15-16(11,12)14-6-9(2,3)4/h5H,1,6-7H2,2-4H3. The summed E-state index contributed by atoms with van der Waals surface area (Å²) in [5.41, 5.74) is 0. The summed E-state index contributed by atoms with van der Waals surface area (Å²) in [6, 6.07) is 0. The highest BCUT2D eigenvalue weighted by atomic mass is 31.2. The molecule has 0 heterocycles. The molecule has 0 aliphatic rings. The van der Waals surface area contributed by atoms with E-state index in [4.69, 9.17) is 0 Å². The molecule has 0 N–H and O–H groups in total. The van der Waals surface area contributed by atoms with Crippen molar-refractivity contribution in [2.45, 2.75) is 0 Å². The Balaban J connectivity index is 3.92. The van der Waals surface area contributed by atoms with Crippen LogP contribution in [0, 0.1) is 0 Å². The minimum absolute atomic E-state index is 0.0732. The van der Waals surface area contributed by atoms with Gasteiger partial charge in [-0.1, -0.05) is 6.58 Å². The highest BCUT2D eigenvalue weighted by molar-refractivity contribution is 7.45. The van der Waals surface area contributed by atoms with Crippen LogP contribution < -0.4 is 4.89 Å². The Hall–Kier alpha value is -0.720. The number of quaternary nitrogens is 1. The number of carbonyl (C=O) groups excluding carboxylic acids is 1. The van der Waals surface area contributed by atoms with Crippen LogP contribution in [0.3, 0.4) is 0 Å². The van der Waals surface area contributed by atoms with E-state index in [1.807, 2.05) is 0 Å². The second-order valence-electron chi connectivity index (χ2n) is 3.91. The van der Waals surface area contributed by atoms with Gasteiger partial charge in [0.05, 0.1) is 21.1 Å². The van der Waals surface area contributed by atoms with Crippen molar-refractivity contribution in [3.63, 3.8) is 0 Å². The SMILES string of the molecule is C=CC(=O)OCOP(=O)([O-])OC[N+](C)(C)C. The van der Waals surface area contributed by atoms with Crippen LogP contribution in [0.25, 0.3) is 0 Å². The van der Waals surface area contributed by atoms with Crippen molar-refractivity contribution in [2.75, 3.05) is 34.7 Å². The zero-order valence-electron chi connectivity index (χ0n) is 9.54. The third kappa shape index (κ3) is 8.58. The van der Waals surface area contributed by atoms with Crippen LogP contribution in [0.5, 0.6) is 0 Å². The van der Waals surface area contributed by atoms with Gasteiger partial charge in [-0.05, 0) is 0 Å². The molecule has 8 heteroatoms. The summed E-state index contributed by atoms with van der Waals surface area (Å²) in [6.45, 7) is 2.34. The summed E-state index contributed by atoms with van der Waals surface area (Å²) < 4.78 is 24.5. The molecule has 16 heavy (non-hydrogen) atoms. The molecule has 1 unspecified atom stereocenters. The van der Waals surface area contributed by atoms with Crippen LogP contribution in [0.2, 0.25) is 0 Å². The quantitative estimate of drug-likeness (QED) is 0.206. The van der Waals surface area contributed by atoms with Crippen LogP contribution in [-0.4, -0.2) is 45.1 Å². The van der Waals surface area contributed by atoms with E-state index in [1.165, 1.54) is 0 Å². The monoisotopic (exact) mass is 253 g/mol. The minimum atomic E-state index is -4.43. The highest BCUT2D eigenvalue weighted by Crippen LogP contribution is 2.38. The minimum Gasteiger partial charge on any atom is -0.756 e. The number of esters is 1. The molecule has 0 aromatic carbocycles. The molecule has 7 nitrogen and oxygen atoms in total. The molecular weight excluding hydrogens is 237 g/mol. The lowest BCUT2D eigenvalue weighted by Gasteiger charge is -2.28.